The summed E-state index contributed by atoms with van der Waals surface area (Å²) in [6.07, 6.45) is 2.21. The van der Waals surface area contributed by atoms with Gasteiger partial charge in [0.05, 0.1) is 29.0 Å². The molecule has 5 heteroatoms. The summed E-state index contributed by atoms with van der Waals surface area (Å²) in [6.45, 7) is 7.82. The largest absolute Gasteiger partial charge is 0.379 e. The lowest BCUT2D eigenvalue weighted by atomic mass is 10.1. The van der Waals surface area contributed by atoms with Crippen LogP contribution in [0.15, 0.2) is 54.7 Å². The summed E-state index contributed by atoms with van der Waals surface area (Å²) in [4.78, 5) is 6.82. The molecule has 1 aromatic heterocycles. The molecule has 148 valence electrons. The summed E-state index contributed by atoms with van der Waals surface area (Å²) in [5, 5.41) is 13.9. The topological polar surface area (TPSA) is 61.2 Å². The monoisotopic (exact) mass is 386 g/mol. The third kappa shape index (κ3) is 4.56. The van der Waals surface area contributed by atoms with Crippen molar-refractivity contribution >= 4 is 16.6 Å². The van der Waals surface area contributed by atoms with Gasteiger partial charge in [-0.1, -0.05) is 42.5 Å². The molecular weight excluding hydrogens is 360 g/mol. The van der Waals surface area contributed by atoms with Gasteiger partial charge >= 0.3 is 0 Å². The first-order valence-electron chi connectivity index (χ1n) is 10.1. The number of pyridine rings is 1. The first kappa shape index (κ1) is 19.4. The zero-order valence-corrected chi connectivity index (χ0v) is 16.9. The van der Waals surface area contributed by atoms with Crippen molar-refractivity contribution in [3.05, 3.63) is 71.4 Å². The molecule has 0 saturated carbocycles. The van der Waals surface area contributed by atoms with Gasteiger partial charge in [0.1, 0.15) is 6.07 Å². The van der Waals surface area contributed by atoms with Crippen LogP contribution in [0.2, 0.25) is 0 Å². The van der Waals surface area contributed by atoms with E-state index in [4.69, 9.17) is 4.74 Å². The van der Waals surface area contributed by atoms with E-state index >= 15 is 0 Å². The van der Waals surface area contributed by atoms with Crippen molar-refractivity contribution in [1.29, 1.82) is 5.26 Å². The number of anilines is 1. The van der Waals surface area contributed by atoms with Gasteiger partial charge < -0.3 is 10.1 Å². The summed E-state index contributed by atoms with van der Waals surface area (Å²) in [5.41, 5.74) is 4.79. The Morgan fingerprint density at radius 2 is 1.76 bits per heavy atom. The minimum absolute atomic E-state index is 0.284. The number of nitrogens with zero attached hydrogens (tertiary/aromatic N) is 3. The molecule has 1 aliphatic rings. The fraction of sp³-hybridized carbons (Fsp3) is 0.333. The fourth-order valence-electron chi connectivity index (χ4n) is 4.04. The second-order valence-electron chi connectivity index (χ2n) is 7.80. The number of morpholine rings is 1. The van der Waals surface area contributed by atoms with Gasteiger partial charge in [-0.15, -0.1) is 0 Å². The molecular formula is C24H26N4O. The highest BCUT2D eigenvalue weighted by Crippen LogP contribution is 2.26. The smallest absolute Gasteiger partial charge is 0.103 e. The minimum atomic E-state index is 0.284. The highest BCUT2D eigenvalue weighted by atomic mass is 16.5. The van der Waals surface area contributed by atoms with Crippen LogP contribution in [0.4, 0.5) is 5.69 Å². The number of ether oxygens (including phenoxy) is 1. The van der Waals surface area contributed by atoms with Crippen LogP contribution < -0.4 is 5.32 Å². The first-order chi connectivity index (χ1) is 14.1. The zero-order chi connectivity index (χ0) is 20.2. The maximum atomic E-state index is 9.46. The number of hydrogen-bond donors (Lipinski definition) is 1. The van der Waals surface area contributed by atoms with Crippen LogP contribution in [-0.2, 0) is 17.8 Å². The van der Waals surface area contributed by atoms with Crippen LogP contribution in [-0.4, -0.2) is 35.2 Å². The standard InChI is InChI=1S/C24H26N4O/c1-17-14-28(15-18(2)29-17)16-20-9-7-19(8-10-20)12-27-24-21(11-25)13-26-23-6-4-3-5-22(23)24/h3-10,13,17-18H,12,14-16H2,1-2H3,(H,26,27). The SMILES string of the molecule is CC1CN(Cc2ccc(CNc3c(C#N)cnc4ccccc34)cc2)CC(C)O1. The van der Waals surface area contributed by atoms with Gasteiger partial charge in [-0.2, -0.15) is 5.26 Å². The van der Waals surface area contributed by atoms with E-state index in [1.807, 2.05) is 24.3 Å². The molecule has 1 aliphatic heterocycles. The zero-order valence-electron chi connectivity index (χ0n) is 16.9. The Morgan fingerprint density at radius 1 is 1.07 bits per heavy atom. The van der Waals surface area contributed by atoms with E-state index in [9.17, 15) is 5.26 Å². The second kappa shape index (κ2) is 8.60. The van der Waals surface area contributed by atoms with Gasteiger partial charge in [-0.25, -0.2) is 0 Å². The number of hydrogen-bond acceptors (Lipinski definition) is 5. The van der Waals surface area contributed by atoms with Crippen LogP contribution >= 0.6 is 0 Å². The molecule has 1 fully saturated rings. The average Bonchev–Trinajstić information content (AvgIpc) is 2.72. The maximum absolute atomic E-state index is 9.46. The number of aromatic nitrogens is 1. The predicted octanol–water partition coefficient (Wildman–Crippen LogP) is 4.33. The number of benzene rings is 2. The minimum Gasteiger partial charge on any atom is -0.379 e. The average molecular weight is 386 g/mol. The van der Waals surface area contributed by atoms with E-state index in [-0.39, 0.29) is 12.2 Å². The molecule has 2 unspecified atom stereocenters. The summed E-state index contributed by atoms with van der Waals surface area (Å²) in [7, 11) is 0. The van der Waals surface area contributed by atoms with Crippen LogP contribution in [0.5, 0.6) is 0 Å². The van der Waals surface area contributed by atoms with E-state index in [0.717, 1.165) is 36.2 Å². The Labute approximate surface area is 171 Å². The Bertz CT molecular complexity index is 1020. The molecule has 0 bridgehead atoms. The maximum Gasteiger partial charge on any atom is 0.103 e. The van der Waals surface area contributed by atoms with Crippen LogP contribution in [0.3, 0.4) is 0 Å². The van der Waals surface area contributed by atoms with Crippen molar-refractivity contribution in [3.63, 3.8) is 0 Å². The van der Waals surface area contributed by atoms with Gasteiger partial charge in [0, 0.05) is 37.8 Å². The van der Waals surface area contributed by atoms with E-state index in [1.54, 1.807) is 6.20 Å². The molecule has 2 atom stereocenters. The number of para-hydroxylation sites is 1. The van der Waals surface area contributed by atoms with Crippen molar-refractivity contribution in [2.45, 2.75) is 39.1 Å². The fourth-order valence-corrected chi connectivity index (χ4v) is 4.04. The lowest BCUT2D eigenvalue weighted by Crippen LogP contribution is -2.44. The molecule has 3 aromatic rings. The van der Waals surface area contributed by atoms with Crippen LogP contribution in [0.1, 0.15) is 30.5 Å². The van der Waals surface area contributed by atoms with E-state index in [1.165, 1.54) is 11.1 Å². The van der Waals surface area contributed by atoms with E-state index in [2.05, 4.69) is 59.4 Å². The molecule has 2 aromatic carbocycles. The number of fused-ring (bicyclic) bond motifs is 1. The molecule has 0 spiro atoms. The van der Waals surface area contributed by atoms with Gasteiger partial charge in [0.15, 0.2) is 0 Å². The lowest BCUT2D eigenvalue weighted by molar-refractivity contribution is -0.0704. The number of rotatable bonds is 5. The Hall–Kier alpha value is -2.94. The van der Waals surface area contributed by atoms with Gasteiger partial charge in [-0.3, -0.25) is 9.88 Å². The Kier molecular flexibility index (Phi) is 5.75. The summed E-state index contributed by atoms with van der Waals surface area (Å²) in [6, 6.07) is 18.8. The van der Waals surface area contributed by atoms with Crippen molar-refractivity contribution in [2.24, 2.45) is 0 Å². The first-order valence-corrected chi connectivity index (χ1v) is 10.1. The molecule has 29 heavy (non-hydrogen) atoms. The molecule has 0 aliphatic carbocycles. The number of nitriles is 1. The molecule has 5 nitrogen and oxygen atoms in total. The molecule has 4 rings (SSSR count). The van der Waals surface area contributed by atoms with Crippen molar-refractivity contribution in [1.82, 2.24) is 9.88 Å². The third-order valence-corrected chi connectivity index (χ3v) is 5.29. The molecule has 0 radical (unpaired) electrons. The Morgan fingerprint density at radius 3 is 2.48 bits per heavy atom. The van der Waals surface area contributed by atoms with E-state index in [0.29, 0.717) is 12.1 Å². The number of nitrogens with one attached hydrogen (secondary N) is 1. The quantitative estimate of drug-likeness (QED) is 0.707. The van der Waals surface area contributed by atoms with Gasteiger partial charge in [0.2, 0.25) is 0 Å². The highest BCUT2D eigenvalue weighted by Gasteiger charge is 2.21. The lowest BCUT2D eigenvalue weighted by Gasteiger charge is -2.35. The summed E-state index contributed by atoms with van der Waals surface area (Å²) in [5.74, 6) is 0. The van der Waals surface area contributed by atoms with Crippen molar-refractivity contribution < 1.29 is 4.74 Å². The molecule has 2 heterocycles. The third-order valence-electron chi connectivity index (χ3n) is 5.29. The van der Waals surface area contributed by atoms with E-state index < -0.39 is 0 Å². The van der Waals surface area contributed by atoms with Crippen molar-refractivity contribution in [3.8, 4) is 6.07 Å². The molecule has 1 saturated heterocycles. The van der Waals surface area contributed by atoms with Crippen LogP contribution in [0, 0.1) is 11.3 Å². The van der Waals surface area contributed by atoms with Gasteiger partial charge in [-0.05, 0) is 31.0 Å². The van der Waals surface area contributed by atoms with Crippen molar-refractivity contribution in [2.75, 3.05) is 18.4 Å². The van der Waals surface area contributed by atoms with Gasteiger partial charge in [0.25, 0.3) is 0 Å². The van der Waals surface area contributed by atoms with Crippen LogP contribution in [0.25, 0.3) is 10.9 Å². The highest BCUT2D eigenvalue weighted by molar-refractivity contribution is 5.93. The molecule has 1 N–H and O–H groups in total. The predicted molar refractivity (Wildman–Crippen MR) is 116 cm³/mol. The summed E-state index contributed by atoms with van der Waals surface area (Å²) < 4.78 is 5.82. The molecule has 0 amide bonds. The summed E-state index contributed by atoms with van der Waals surface area (Å²) >= 11 is 0. The normalized spacial score (nSPS) is 19.8. The second-order valence-corrected chi connectivity index (χ2v) is 7.80. The Balaban J connectivity index is 1.44.